The molecule has 2 aliphatic rings. The van der Waals surface area contributed by atoms with Gasteiger partial charge in [-0.2, -0.15) is 0 Å². The van der Waals surface area contributed by atoms with Gasteiger partial charge in [0.2, 0.25) is 0 Å². The highest BCUT2D eigenvalue weighted by atomic mass is 16.1. The van der Waals surface area contributed by atoms with Crippen LogP contribution in [0.1, 0.15) is 53.4 Å². The van der Waals surface area contributed by atoms with Gasteiger partial charge in [-0.1, -0.05) is 45.4 Å². The maximum atomic E-state index is 11.6. The van der Waals surface area contributed by atoms with Crippen molar-refractivity contribution in [2.24, 2.45) is 22.7 Å². The minimum absolute atomic E-state index is 0.0898. The van der Waals surface area contributed by atoms with Crippen LogP contribution < -0.4 is 0 Å². The average Bonchev–Trinajstić information content (AvgIpc) is 2.28. The Morgan fingerprint density at radius 3 is 2.61 bits per heavy atom. The number of rotatable bonds is 2. The van der Waals surface area contributed by atoms with Gasteiger partial charge in [0.25, 0.3) is 0 Å². The summed E-state index contributed by atoms with van der Waals surface area (Å²) in [5.41, 5.74) is 1.77. The summed E-state index contributed by atoms with van der Waals surface area (Å²) in [4.78, 5) is 11.6. The summed E-state index contributed by atoms with van der Waals surface area (Å²) in [6.45, 7) is 9.13. The molecular formula is C17H26O. The molecule has 0 aliphatic heterocycles. The maximum absolute atomic E-state index is 11.6. The van der Waals surface area contributed by atoms with E-state index in [-0.39, 0.29) is 11.3 Å². The van der Waals surface area contributed by atoms with E-state index in [1.54, 1.807) is 0 Å². The molecule has 3 atom stereocenters. The fourth-order valence-corrected chi connectivity index (χ4v) is 4.49. The highest BCUT2D eigenvalue weighted by molar-refractivity contribution is 5.63. The van der Waals surface area contributed by atoms with Crippen LogP contribution in [0.3, 0.4) is 0 Å². The number of allylic oxidation sites excluding steroid dienone is 4. The Bertz CT molecular complexity index is 388. The van der Waals surface area contributed by atoms with Gasteiger partial charge in [-0.05, 0) is 48.5 Å². The molecule has 0 amide bonds. The van der Waals surface area contributed by atoms with Crippen molar-refractivity contribution in [3.63, 3.8) is 0 Å². The lowest BCUT2D eigenvalue weighted by atomic mass is 9.49. The van der Waals surface area contributed by atoms with Gasteiger partial charge in [0, 0.05) is 5.92 Å². The summed E-state index contributed by atoms with van der Waals surface area (Å²) >= 11 is 0. The first-order valence-electron chi connectivity index (χ1n) is 7.24. The molecule has 0 N–H and O–H groups in total. The summed E-state index contributed by atoms with van der Waals surface area (Å²) in [6.07, 6.45) is 12.6. The molecular weight excluding hydrogens is 220 g/mol. The normalized spacial score (nSPS) is 39.2. The number of carbonyl (C=O) groups is 1. The maximum Gasteiger partial charge on any atom is 0.127 e. The molecule has 2 aliphatic carbocycles. The molecule has 0 aromatic rings. The fourth-order valence-electron chi connectivity index (χ4n) is 4.49. The van der Waals surface area contributed by atoms with E-state index in [0.717, 1.165) is 6.42 Å². The van der Waals surface area contributed by atoms with Crippen molar-refractivity contribution in [1.29, 1.82) is 0 Å². The Labute approximate surface area is 111 Å². The molecule has 0 spiro atoms. The van der Waals surface area contributed by atoms with Crippen molar-refractivity contribution in [3.05, 3.63) is 23.8 Å². The topological polar surface area (TPSA) is 17.1 Å². The molecule has 1 nitrogen and oxygen atoms in total. The van der Waals surface area contributed by atoms with Crippen LogP contribution in [-0.2, 0) is 4.79 Å². The highest BCUT2D eigenvalue weighted by Crippen LogP contribution is 2.59. The highest BCUT2D eigenvalue weighted by Gasteiger charge is 2.52. The van der Waals surface area contributed by atoms with Gasteiger partial charge in [-0.3, -0.25) is 0 Å². The van der Waals surface area contributed by atoms with Crippen LogP contribution in [0.15, 0.2) is 23.8 Å². The van der Waals surface area contributed by atoms with Crippen molar-refractivity contribution >= 4 is 6.29 Å². The Morgan fingerprint density at radius 2 is 2.00 bits per heavy atom. The third-order valence-electron chi connectivity index (χ3n) is 5.43. The first-order chi connectivity index (χ1) is 8.45. The zero-order valence-electron chi connectivity index (χ0n) is 12.2. The molecule has 100 valence electrons. The van der Waals surface area contributed by atoms with Gasteiger partial charge in [0.15, 0.2) is 0 Å². The minimum atomic E-state index is 0.0898. The standard InChI is InChI=1S/C17H26O/c1-5-7-13-8-9-15-16(2,3)10-6-11-17(15,4)14(13)12-18/h5,7-8,12,14-15H,6,9-11H2,1-4H3/b7-5+/t14-,15?,17+/m0/s1. The molecule has 0 aromatic heterocycles. The van der Waals surface area contributed by atoms with Gasteiger partial charge in [-0.15, -0.1) is 0 Å². The Morgan fingerprint density at radius 1 is 1.28 bits per heavy atom. The van der Waals surface area contributed by atoms with Crippen LogP contribution in [0.4, 0.5) is 0 Å². The molecule has 0 bridgehead atoms. The molecule has 2 rings (SSSR count). The van der Waals surface area contributed by atoms with Crippen molar-refractivity contribution in [3.8, 4) is 0 Å². The lowest BCUT2D eigenvalue weighted by Gasteiger charge is -2.55. The molecule has 1 fully saturated rings. The number of hydrogen-bond acceptors (Lipinski definition) is 1. The van der Waals surface area contributed by atoms with E-state index in [1.165, 1.54) is 31.1 Å². The summed E-state index contributed by atoms with van der Waals surface area (Å²) < 4.78 is 0. The van der Waals surface area contributed by atoms with Gasteiger partial charge < -0.3 is 4.79 Å². The van der Waals surface area contributed by atoms with Crippen LogP contribution in [0.25, 0.3) is 0 Å². The van der Waals surface area contributed by atoms with Crippen molar-refractivity contribution in [2.45, 2.75) is 53.4 Å². The predicted octanol–water partition coefficient (Wildman–Crippen LogP) is 4.54. The van der Waals surface area contributed by atoms with Gasteiger partial charge in [0.05, 0.1) is 0 Å². The second-order valence-corrected chi connectivity index (χ2v) is 6.95. The van der Waals surface area contributed by atoms with Gasteiger partial charge >= 0.3 is 0 Å². The number of aldehydes is 1. The number of fused-ring (bicyclic) bond motifs is 1. The van der Waals surface area contributed by atoms with Crippen LogP contribution in [0.5, 0.6) is 0 Å². The molecule has 1 saturated carbocycles. The number of carbonyl (C=O) groups excluding carboxylic acids is 1. The first-order valence-corrected chi connectivity index (χ1v) is 7.24. The van der Waals surface area contributed by atoms with Crippen LogP contribution in [-0.4, -0.2) is 6.29 Å². The molecule has 1 heteroatoms. The van der Waals surface area contributed by atoms with Crippen molar-refractivity contribution in [1.82, 2.24) is 0 Å². The molecule has 18 heavy (non-hydrogen) atoms. The lowest BCUT2D eigenvalue weighted by Crippen LogP contribution is -2.49. The molecule has 0 aromatic carbocycles. The molecule has 0 radical (unpaired) electrons. The van der Waals surface area contributed by atoms with E-state index < -0.39 is 0 Å². The van der Waals surface area contributed by atoms with Crippen LogP contribution in [0, 0.1) is 22.7 Å². The van der Waals surface area contributed by atoms with E-state index in [4.69, 9.17) is 0 Å². The molecule has 1 unspecified atom stereocenters. The SMILES string of the molecule is C/C=C/C1=CCC2C(C)(C)CCC[C@]2(C)[C@H]1C=O. The van der Waals surface area contributed by atoms with Crippen molar-refractivity contribution in [2.75, 3.05) is 0 Å². The van der Waals surface area contributed by atoms with Crippen molar-refractivity contribution < 1.29 is 4.79 Å². The third kappa shape index (κ3) is 1.98. The van der Waals surface area contributed by atoms with Gasteiger partial charge in [-0.25, -0.2) is 0 Å². The zero-order valence-corrected chi connectivity index (χ0v) is 12.2. The van der Waals surface area contributed by atoms with E-state index in [0.29, 0.717) is 11.3 Å². The minimum Gasteiger partial charge on any atom is -0.303 e. The Hall–Kier alpha value is -0.850. The lowest BCUT2D eigenvalue weighted by molar-refractivity contribution is -0.119. The fraction of sp³-hybridized carbons (Fsp3) is 0.706. The second kappa shape index (κ2) is 4.68. The van der Waals surface area contributed by atoms with E-state index in [1.807, 2.05) is 6.92 Å². The van der Waals surface area contributed by atoms with E-state index in [9.17, 15) is 4.79 Å². The molecule has 0 saturated heterocycles. The van der Waals surface area contributed by atoms with E-state index >= 15 is 0 Å². The monoisotopic (exact) mass is 246 g/mol. The quantitative estimate of drug-likeness (QED) is 0.654. The zero-order chi connectivity index (χ0) is 13.4. The van der Waals surface area contributed by atoms with Crippen LogP contribution in [0.2, 0.25) is 0 Å². The largest absolute Gasteiger partial charge is 0.303 e. The van der Waals surface area contributed by atoms with E-state index in [2.05, 4.69) is 39.0 Å². The summed E-state index contributed by atoms with van der Waals surface area (Å²) in [7, 11) is 0. The smallest absolute Gasteiger partial charge is 0.127 e. The number of hydrogen-bond donors (Lipinski definition) is 0. The predicted molar refractivity (Wildman–Crippen MR) is 76.3 cm³/mol. The van der Waals surface area contributed by atoms with Crippen LogP contribution >= 0.6 is 0 Å². The first kappa shape index (κ1) is 13.6. The summed E-state index contributed by atoms with van der Waals surface area (Å²) in [5, 5.41) is 0. The Kier molecular flexibility index (Phi) is 3.53. The summed E-state index contributed by atoms with van der Waals surface area (Å²) in [5.74, 6) is 0.731. The summed E-state index contributed by atoms with van der Waals surface area (Å²) in [6, 6.07) is 0. The third-order valence-corrected chi connectivity index (χ3v) is 5.43. The van der Waals surface area contributed by atoms with Gasteiger partial charge in [0.1, 0.15) is 6.29 Å². The average molecular weight is 246 g/mol. The Balaban J connectivity index is 2.43. The molecule has 0 heterocycles. The second-order valence-electron chi connectivity index (χ2n) is 6.95.